The normalized spacial score (nSPS) is 14.2. The van der Waals surface area contributed by atoms with E-state index in [1.807, 2.05) is 43.0 Å². The summed E-state index contributed by atoms with van der Waals surface area (Å²) >= 11 is 0. The first-order chi connectivity index (χ1) is 18.4. The van der Waals surface area contributed by atoms with E-state index in [1.165, 1.54) is 4.40 Å². The highest BCUT2D eigenvalue weighted by Crippen LogP contribution is 2.28. The average Bonchev–Trinajstić information content (AvgIpc) is 2.93. The molecule has 0 bridgehead atoms. The van der Waals surface area contributed by atoms with Gasteiger partial charge in [0.15, 0.2) is 11.4 Å². The number of pyridine rings is 1. The number of anilines is 3. The zero-order chi connectivity index (χ0) is 26.8. The summed E-state index contributed by atoms with van der Waals surface area (Å²) in [5.74, 6) is -0.646. The summed E-state index contributed by atoms with van der Waals surface area (Å²) in [6, 6.07) is 20.5. The number of benzene rings is 2. The lowest BCUT2D eigenvalue weighted by atomic mass is 10.1. The maximum absolute atomic E-state index is 13.5. The van der Waals surface area contributed by atoms with Gasteiger partial charge in [0, 0.05) is 49.3 Å². The molecule has 0 radical (unpaired) electrons. The van der Waals surface area contributed by atoms with E-state index < -0.39 is 11.5 Å². The molecule has 9 heteroatoms. The second-order valence-electron chi connectivity index (χ2n) is 9.42. The van der Waals surface area contributed by atoms with E-state index in [4.69, 9.17) is 4.98 Å². The number of nitrogens with one attached hydrogen (secondary N) is 1. The van der Waals surface area contributed by atoms with Gasteiger partial charge in [0.1, 0.15) is 11.7 Å². The van der Waals surface area contributed by atoms with Gasteiger partial charge in [-0.15, -0.1) is 0 Å². The number of aryl methyl sites for hydroxylation is 1. The zero-order valence-corrected chi connectivity index (χ0v) is 21.3. The van der Waals surface area contributed by atoms with Crippen LogP contribution in [0.3, 0.4) is 0 Å². The molecule has 38 heavy (non-hydrogen) atoms. The molecule has 0 amide bonds. The Kier molecular flexibility index (Phi) is 6.71. The van der Waals surface area contributed by atoms with E-state index in [9.17, 15) is 20.0 Å². The van der Waals surface area contributed by atoms with Gasteiger partial charge in [-0.3, -0.25) is 9.20 Å². The predicted molar refractivity (Wildman–Crippen MR) is 147 cm³/mol. The molecule has 0 unspecified atom stereocenters. The van der Waals surface area contributed by atoms with Crippen molar-refractivity contribution in [2.45, 2.75) is 19.9 Å². The van der Waals surface area contributed by atoms with Crippen LogP contribution in [0, 0.1) is 18.3 Å². The fraction of sp³-hybridized carbons (Fsp3) is 0.241. The Morgan fingerprint density at radius 1 is 1.05 bits per heavy atom. The molecule has 2 N–H and O–H groups in total. The topological polar surface area (TPSA) is 114 Å². The fourth-order valence-electron chi connectivity index (χ4n) is 4.96. The highest BCUT2D eigenvalue weighted by atomic mass is 16.4. The van der Waals surface area contributed by atoms with Crippen molar-refractivity contribution in [3.63, 3.8) is 0 Å². The lowest BCUT2D eigenvalue weighted by Crippen LogP contribution is -2.47. The molecule has 2 aromatic carbocycles. The molecule has 1 saturated heterocycles. The number of nitriles is 1. The van der Waals surface area contributed by atoms with Crippen LogP contribution in [-0.4, -0.2) is 46.6 Å². The van der Waals surface area contributed by atoms with Gasteiger partial charge in [-0.25, -0.2) is 9.78 Å². The minimum atomic E-state index is -1.03. The standard InChI is InChI=1S/C29H28N6O3/c1-19-16-23(20(2)31-25-11-7-6-10-22(25)29(37)38)27-32-26(24(17-30)28(36)35(27)18-19)34-14-12-33(13-15-34)21-8-4-3-5-9-21/h3-11,16,18,20,31H,12-15H2,1-2H3,(H,37,38)/t20-/m1/s1. The maximum Gasteiger partial charge on any atom is 0.337 e. The second-order valence-corrected chi connectivity index (χ2v) is 9.42. The molecule has 4 aromatic rings. The Labute approximate surface area is 220 Å². The van der Waals surface area contributed by atoms with Crippen molar-refractivity contribution in [1.82, 2.24) is 9.38 Å². The van der Waals surface area contributed by atoms with Gasteiger partial charge in [-0.2, -0.15) is 5.26 Å². The number of hydrogen-bond acceptors (Lipinski definition) is 7. The summed E-state index contributed by atoms with van der Waals surface area (Å²) in [5, 5.41) is 22.8. The Hall–Kier alpha value is -4.84. The highest BCUT2D eigenvalue weighted by molar-refractivity contribution is 5.94. The van der Waals surface area contributed by atoms with Crippen LogP contribution in [0.4, 0.5) is 17.2 Å². The van der Waals surface area contributed by atoms with E-state index in [0.717, 1.165) is 29.9 Å². The number of hydrogen-bond donors (Lipinski definition) is 2. The molecule has 192 valence electrons. The molecule has 0 saturated carbocycles. The summed E-state index contributed by atoms with van der Waals surface area (Å²) in [4.78, 5) is 34.4. The summed E-state index contributed by atoms with van der Waals surface area (Å²) in [6.45, 7) is 6.48. The van der Waals surface area contributed by atoms with Gasteiger partial charge in [0.2, 0.25) is 0 Å². The number of rotatable bonds is 6. The minimum absolute atomic E-state index is 0.0176. The molecule has 3 heterocycles. The number of carboxylic acid groups (broad SMARTS) is 1. The third kappa shape index (κ3) is 4.64. The molecule has 0 aliphatic carbocycles. The first-order valence-electron chi connectivity index (χ1n) is 12.5. The van der Waals surface area contributed by atoms with Crippen molar-refractivity contribution in [2.24, 2.45) is 0 Å². The van der Waals surface area contributed by atoms with Crippen LogP contribution < -0.4 is 20.7 Å². The van der Waals surface area contributed by atoms with E-state index >= 15 is 0 Å². The average molecular weight is 509 g/mol. The van der Waals surface area contributed by atoms with Crippen molar-refractivity contribution in [3.8, 4) is 6.07 Å². The fourth-order valence-corrected chi connectivity index (χ4v) is 4.96. The number of aromatic nitrogens is 2. The molecule has 1 atom stereocenters. The monoisotopic (exact) mass is 508 g/mol. The van der Waals surface area contributed by atoms with Gasteiger partial charge < -0.3 is 20.2 Å². The zero-order valence-electron chi connectivity index (χ0n) is 21.3. The van der Waals surface area contributed by atoms with Crippen LogP contribution in [0.2, 0.25) is 0 Å². The van der Waals surface area contributed by atoms with Crippen LogP contribution in [0.15, 0.2) is 71.7 Å². The van der Waals surface area contributed by atoms with Crippen molar-refractivity contribution in [2.75, 3.05) is 41.3 Å². The number of carbonyl (C=O) groups is 1. The molecule has 1 fully saturated rings. The number of nitrogens with zero attached hydrogens (tertiary/aromatic N) is 5. The van der Waals surface area contributed by atoms with E-state index in [2.05, 4.69) is 28.4 Å². The van der Waals surface area contributed by atoms with Gasteiger partial charge in [-0.1, -0.05) is 30.3 Å². The molecule has 5 rings (SSSR count). The SMILES string of the molecule is Cc1cc([C@@H](C)Nc2ccccc2C(=O)O)c2nc(N3CCN(c4ccccc4)CC3)c(C#N)c(=O)n2c1. The van der Waals surface area contributed by atoms with E-state index in [1.54, 1.807) is 30.5 Å². The van der Waals surface area contributed by atoms with Crippen LogP contribution in [0.1, 0.15) is 40.0 Å². The second kappa shape index (κ2) is 10.3. The summed E-state index contributed by atoms with van der Waals surface area (Å²) < 4.78 is 1.42. The van der Waals surface area contributed by atoms with Crippen LogP contribution >= 0.6 is 0 Å². The lowest BCUT2D eigenvalue weighted by Gasteiger charge is -2.37. The molecule has 1 aliphatic rings. The smallest absolute Gasteiger partial charge is 0.337 e. The first kappa shape index (κ1) is 24.8. The largest absolute Gasteiger partial charge is 0.478 e. The molecular formula is C29H28N6O3. The predicted octanol–water partition coefficient (Wildman–Crippen LogP) is 4.07. The molecule has 0 spiro atoms. The number of piperazine rings is 1. The van der Waals surface area contributed by atoms with Crippen molar-refractivity contribution >= 4 is 28.8 Å². The number of carboxylic acids is 1. The van der Waals surface area contributed by atoms with E-state index in [0.29, 0.717) is 30.2 Å². The Morgan fingerprint density at radius 3 is 2.39 bits per heavy atom. The maximum atomic E-state index is 13.5. The van der Waals surface area contributed by atoms with Crippen molar-refractivity contribution < 1.29 is 9.90 Å². The van der Waals surface area contributed by atoms with Gasteiger partial charge in [0.25, 0.3) is 5.56 Å². The summed E-state index contributed by atoms with van der Waals surface area (Å²) in [7, 11) is 0. The summed E-state index contributed by atoms with van der Waals surface area (Å²) in [6.07, 6.45) is 1.68. The van der Waals surface area contributed by atoms with Crippen molar-refractivity contribution in [3.05, 3.63) is 99.5 Å². The molecule has 9 nitrogen and oxygen atoms in total. The minimum Gasteiger partial charge on any atom is -0.478 e. The molecular weight excluding hydrogens is 480 g/mol. The van der Waals surface area contributed by atoms with E-state index in [-0.39, 0.29) is 17.2 Å². The first-order valence-corrected chi connectivity index (χ1v) is 12.5. The Balaban J connectivity index is 1.53. The lowest BCUT2D eigenvalue weighted by molar-refractivity contribution is 0.0698. The number of aromatic carboxylic acids is 1. The Bertz CT molecular complexity index is 1600. The van der Waals surface area contributed by atoms with Gasteiger partial charge >= 0.3 is 5.97 Å². The number of fused-ring (bicyclic) bond motifs is 1. The van der Waals surface area contributed by atoms with Crippen LogP contribution in [0.25, 0.3) is 5.65 Å². The Morgan fingerprint density at radius 2 is 1.71 bits per heavy atom. The molecule has 2 aromatic heterocycles. The number of para-hydroxylation sites is 2. The third-order valence-corrected chi connectivity index (χ3v) is 6.88. The third-order valence-electron chi connectivity index (χ3n) is 6.88. The van der Waals surface area contributed by atoms with Crippen LogP contribution in [0.5, 0.6) is 0 Å². The quantitative estimate of drug-likeness (QED) is 0.401. The summed E-state index contributed by atoms with van der Waals surface area (Å²) in [5.41, 5.74) is 3.36. The highest BCUT2D eigenvalue weighted by Gasteiger charge is 2.25. The van der Waals surface area contributed by atoms with Gasteiger partial charge in [-0.05, 0) is 49.7 Å². The molecule has 1 aliphatic heterocycles. The van der Waals surface area contributed by atoms with Crippen LogP contribution in [-0.2, 0) is 0 Å². The van der Waals surface area contributed by atoms with Crippen molar-refractivity contribution in [1.29, 1.82) is 5.26 Å². The van der Waals surface area contributed by atoms with Gasteiger partial charge in [0.05, 0.1) is 11.6 Å².